The Balaban J connectivity index is 1.26. The highest BCUT2D eigenvalue weighted by molar-refractivity contribution is 7.18. The third kappa shape index (κ3) is 5.00. The van der Waals surface area contributed by atoms with Crippen molar-refractivity contribution in [2.24, 2.45) is 5.73 Å². The SMILES string of the molecule is N[C@H]1CCN(C(=O)c2sc(-c3ccc(C4CCN(C5CCCCC5)CC4)c(F)c3)cc2Cl)C1. The zero-order valence-electron chi connectivity index (χ0n) is 19.1. The summed E-state index contributed by atoms with van der Waals surface area (Å²) in [6.45, 7) is 3.36. The Labute approximate surface area is 204 Å². The number of halogens is 2. The van der Waals surface area contributed by atoms with Gasteiger partial charge >= 0.3 is 0 Å². The van der Waals surface area contributed by atoms with E-state index in [1.54, 1.807) is 17.0 Å². The third-order valence-corrected chi connectivity index (χ3v) is 9.32. The summed E-state index contributed by atoms with van der Waals surface area (Å²) in [7, 11) is 0. The van der Waals surface area contributed by atoms with E-state index in [1.807, 2.05) is 12.1 Å². The van der Waals surface area contributed by atoms with Crippen molar-refractivity contribution in [3.63, 3.8) is 0 Å². The van der Waals surface area contributed by atoms with Crippen LogP contribution >= 0.6 is 22.9 Å². The first-order valence-electron chi connectivity index (χ1n) is 12.4. The van der Waals surface area contributed by atoms with Crippen LogP contribution in [-0.2, 0) is 0 Å². The van der Waals surface area contributed by atoms with Gasteiger partial charge in [0.05, 0.1) is 5.02 Å². The summed E-state index contributed by atoms with van der Waals surface area (Å²) in [6.07, 6.45) is 9.59. The van der Waals surface area contributed by atoms with Gasteiger partial charge in [-0.2, -0.15) is 0 Å². The van der Waals surface area contributed by atoms with Crippen molar-refractivity contribution in [1.29, 1.82) is 0 Å². The van der Waals surface area contributed by atoms with Gasteiger partial charge in [0.25, 0.3) is 5.91 Å². The van der Waals surface area contributed by atoms with Crippen LogP contribution in [0.15, 0.2) is 24.3 Å². The number of hydrogen-bond acceptors (Lipinski definition) is 4. The van der Waals surface area contributed by atoms with E-state index in [9.17, 15) is 4.79 Å². The predicted octanol–water partition coefficient (Wildman–Crippen LogP) is 5.89. The number of hydrogen-bond donors (Lipinski definition) is 1. The number of rotatable bonds is 4. The minimum atomic E-state index is -0.147. The number of carbonyl (C=O) groups excluding carboxylic acids is 1. The highest BCUT2D eigenvalue weighted by Crippen LogP contribution is 2.38. The summed E-state index contributed by atoms with van der Waals surface area (Å²) in [5, 5.41) is 0.431. The minimum absolute atomic E-state index is 0.0309. The number of carbonyl (C=O) groups is 1. The Bertz CT molecular complexity index is 997. The van der Waals surface area contributed by atoms with Gasteiger partial charge in [-0.3, -0.25) is 4.79 Å². The molecule has 1 aromatic heterocycles. The lowest BCUT2D eigenvalue weighted by atomic mass is 9.86. The van der Waals surface area contributed by atoms with Crippen LogP contribution in [0.25, 0.3) is 10.4 Å². The molecular formula is C26H33ClFN3OS. The number of benzene rings is 1. The van der Waals surface area contributed by atoms with Crippen LogP contribution in [0.4, 0.5) is 4.39 Å². The van der Waals surface area contributed by atoms with Crippen LogP contribution in [0.5, 0.6) is 0 Å². The molecule has 3 heterocycles. The average molecular weight is 490 g/mol. The Morgan fingerprint density at radius 1 is 1.03 bits per heavy atom. The van der Waals surface area contributed by atoms with Crippen molar-refractivity contribution in [1.82, 2.24) is 9.80 Å². The second kappa shape index (κ2) is 10.0. The molecule has 0 spiro atoms. The Hall–Kier alpha value is -1.47. The summed E-state index contributed by atoms with van der Waals surface area (Å²) >= 11 is 7.75. The van der Waals surface area contributed by atoms with E-state index in [-0.39, 0.29) is 23.7 Å². The van der Waals surface area contributed by atoms with Crippen LogP contribution in [0.2, 0.25) is 5.02 Å². The maximum Gasteiger partial charge on any atom is 0.265 e. The van der Waals surface area contributed by atoms with Crippen LogP contribution in [0.1, 0.15) is 72.5 Å². The summed E-state index contributed by atoms with van der Waals surface area (Å²) in [4.78, 5) is 18.6. The molecule has 5 rings (SSSR count). The van der Waals surface area contributed by atoms with Gasteiger partial charge in [0.1, 0.15) is 10.7 Å². The van der Waals surface area contributed by atoms with Crippen molar-refractivity contribution in [3.8, 4) is 10.4 Å². The van der Waals surface area contributed by atoms with E-state index in [0.717, 1.165) is 54.4 Å². The summed E-state index contributed by atoms with van der Waals surface area (Å²) in [5.74, 6) is 0.0554. The van der Waals surface area contributed by atoms with E-state index >= 15 is 4.39 Å². The maximum atomic E-state index is 15.2. The standard InChI is InChI=1S/C26H33ClFN3OS/c27-22-15-24(33-25(22)26(32)31-13-10-19(29)16-31)18-6-7-21(23(28)14-18)17-8-11-30(12-9-17)20-4-2-1-3-5-20/h6-7,14-15,17,19-20H,1-5,8-13,16,29H2/t19-/m0/s1. The molecule has 1 saturated carbocycles. The molecule has 2 aliphatic heterocycles. The summed E-state index contributed by atoms with van der Waals surface area (Å²) < 4.78 is 15.2. The maximum absolute atomic E-state index is 15.2. The molecule has 0 radical (unpaired) electrons. The first kappa shape index (κ1) is 23.3. The molecule has 0 bridgehead atoms. The predicted molar refractivity (Wildman–Crippen MR) is 134 cm³/mol. The molecule has 2 saturated heterocycles. The normalized spacial score (nSPS) is 23.4. The Kier molecular flexibility index (Phi) is 7.07. The molecule has 2 N–H and O–H groups in total. The monoisotopic (exact) mass is 489 g/mol. The molecule has 1 atom stereocenters. The molecule has 1 amide bonds. The van der Waals surface area contributed by atoms with Crippen molar-refractivity contribution >= 4 is 28.8 Å². The molecule has 3 fully saturated rings. The highest BCUT2D eigenvalue weighted by atomic mass is 35.5. The van der Waals surface area contributed by atoms with E-state index in [1.165, 1.54) is 43.4 Å². The first-order valence-corrected chi connectivity index (χ1v) is 13.6. The number of likely N-dealkylation sites (tertiary alicyclic amines) is 2. The van der Waals surface area contributed by atoms with Crippen molar-refractivity contribution in [3.05, 3.63) is 45.5 Å². The van der Waals surface area contributed by atoms with Crippen LogP contribution in [0, 0.1) is 5.82 Å². The minimum Gasteiger partial charge on any atom is -0.336 e. The van der Waals surface area contributed by atoms with Crippen LogP contribution in [-0.4, -0.2) is 54.0 Å². The van der Waals surface area contributed by atoms with Crippen molar-refractivity contribution in [2.45, 2.75) is 69.4 Å². The average Bonchev–Trinajstić information content (AvgIpc) is 3.45. The van der Waals surface area contributed by atoms with Gasteiger partial charge in [0, 0.05) is 30.1 Å². The Morgan fingerprint density at radius 3 is 2.45 bits per heavy atom. The lowest BCUT2D eigenvalue weighted by molar-refractivity contribution is 0.0796. The molecular weight excluding hydrogens is 457 g/mol. The van der Waals surface area contributed by atoms with E-state index in [2.05, 4.69) is 4.90 Å². The smallest absolute Gasteiger partial charge is 0.265 e. The summed E-state index contributed by atoms with van der Waals surface area (Å²) in [6, 6.07) is 8.10. The molecule has 1 aromatic carbocycles. The molecule has 2 aromatic rings. The third-order valence-electron chi connectivity index (χ3n) is 7.74. The van der Waals surface area contributed by atoms with Gasteiger partial charge in [0.15, 0.2) is 0 Å². The zero-order chi connectivity index (χ0) is 22.9. The van der Waals surface area contributed by atoms with Crippen LogP contribution < -0.4 is 5.73 Å². The van der Waals surface area contributed by atoms with Gasteiger partial charge in [0.2, 0.25) is 0 Å². The lowest BCUT2D eigenvalue weighted by Crippen LogP contribution is -2.42. The van der Waals surface area contributed by atoms with Crippen LogP contribution in [0.3, 0.4) is 0 Å². The van der Waals surface area contributed by atoms with Gasteiger partial charge < -0.3 is 15.5 Å². The molecule has 7 heteroatoms. The highest BCUT2D eigenvalue weighted by Gasteiger charge is 2.29. The second-order valence-electron chi connectivity index (χ2n) is 9.93. The number of nitrogens with two attached hydrogens (primary N) is 1. The fourth-order valence-corrected chi connectivity index (χ4v) is 7.19. The van der Waals surface area contributed by atoms with Gasteiger partial charge in [-0.15, -0.1) is 11.3 Å². The second-order valence-corrected chi connectivity index (χ2v) is 11.4. The number of amides is 1. The first-order chi connectivity index (χ1) is 16.0. The number of thiophene rings is 1. The van der Waals surface area contributed by atoms with Gasteiger partial charge in [-0.05, 0) is 74.4 Å². The summed E-state index contributed by atoms with van der Waals surface area (Å²) in [5.41, 5.74) is 7.55. The molecule has 33 heavy (non-hydrogen) atoms. The fraction of sp³-hybridized carbons (Fsp3) is 0.577. The zero-order valence-corrected chi connectivity index (χ0v) is 20.6. The number of piperidine rings is 1. The molecule has 178 valence electrons. The molecule has 0 unspecified atom stereocenters. The number of nitrogens with zero attached hydrogens (tertiary/aromatic N) is 2. The van der Waals surface area contributed by atoms with E-state index < -0.39 is 0 Å². The van der Waals surface area contributed by atoms with E-state index in [4.69, 9.17) is 17.3 Å². The fourth-order valence-electron chi connectivity index (χ4n) is 5.81. The quantitative estimate of drug-likeness (QED) is 0.582. The topological polar surface area (TPSA) is 49.6 Å². The van der Waals surface area contributed by atoms with Crippen molar-refractivity contribution in [2.75, 3.05) is 26.2 Å². The largest absolute Gasteiger partial charge is 0.336 e. The molecule has 4 nitrogen and oxygen atoms in total. The van der Waals surface area contributed by atoms with Gasteiger partial charge in [-0.1, -0.05) is 43.0 Å². The molecule has 1 aliphatic carbocycles. The van der Waals surface area contributed by atoms with E-state index in [0.29, 0.717) is 23.0 Å². The van der Waals surface area contributed by atoms with Gasteiger partial charge in [-0.25, -0.2) is 4.39 Å². The molecule has 3 aliphatic rings. The van der Waals surface area contributed by atoms with Crippen molar-refractivity contribution < 1.29 is 9.18 Å². The Morgan fingerprint density at radius 2 is 1.79 bits per heavy atom. The lowest BCUT2D eigenvalue weighted by Gasteiger charge is -2.39.